The third kappa shape index (κ3) is 2.33. The molecule has 108 valence electrons. The van der Waals surface area contributed by atoms with E-state index in [0.29, 0.717) is 6.04 Å². The summed E-state index contributed by atoms with van der Waals surface area (Å²) < 4.78 is 13.0. The van der Waals surface area contributed by atoms with Crippen LogP contribution in [0.25, 0.3) is 0 Å². The van der Waals surface area contributed by atoms with E-state index in [1.165, 1.54) is 12.1 Å². The van der Waals surface area contributed by atoms with E-state index < -0.39 is 0 Å². The Kier molecular flexibility index (Phi) is 3.50. The lowest BCUT2D eigenvalue weighted by Gasteiger charge is -2.35. The summed E-state index contributed by atoms with van der Waals surface area (Å²) in [7, 11) is 1.95. The van der Waals surface area contributed by atoms with Crippen LogP contribution in [0.5, 0.6) is 0 Å². The summed E-state index contributed by atoms with van der Waals surface area (Å²) in [4.78, 5) is 14.8. The smallest absolute Gasteiger partial charge is 0.233 e. The van der Waals surface area contributed by atoms with Gasteiger partial charge in [-0.3, -0.25) is 4.79 Å². The molecule has 2 fully saturated rings. The van der Waals surface area contributed by atoms with E-state index in [4.69, 9.17) is 0 Å². The first-order chi connectivity index (χ1) is 9.65. The van der Waals surface area contributed by atoms with Crippen LogP contribution in [0.15, 0.2) is 24.3 Å². The van der Waals surface area contributed by atoms with Crippen molar-refractivity contribution in [3.8, 4) is 0 Å². The van der Waals surface area contributed by atoms with Gasteiger partial charge in [-0.1, -0.05) is 12.1 Å². The first-order valence-corrected chi connectivity index (χ1v) is 7.38. The van der Waals surface area contributed by atoms with Gasteiger partial charge in [0.25, 0.3) is 0 Å². The maximum atomic E-state index is 13.0. The van der Waals surface area contributed by atoms with Crippen molar-refractivity contribution < 1.29 is 9.18 Å². The molecule has 0 radical (unpaired) electrons. The van der Waals surface area contributed by atoms with Crippen molar-refractivity contribution in [3.63, 3.8) is 0 Å². The SMILES string of the molecule is CNC1CCCN(C(=O)C2(c3ccc(F)cc3)CC2)C1. The Morgan fingerprint density at radius 2 is 2.05 bits per heavy atom. The summed E-state index contributed by atoms with van der Waals surface area (Å²) in [5, 5.41) is 3.26. The fourth-order valence-electron chi connectivity index (χ4n) is 3.22. The highest BCUT2D eigenvalue weighted by atomic mass is 19.1. The highest BCUT2D eigenvalue weighted by molar-refractivity contribution is 5.91. The van der Waals surface area contributed by atoms with Gasteiger partial charge in [0.05, 0.1) is 5.41 Å². The molecule has 0 aromatic heterocycles. The summed E-state index contributed by atoms with van der Waals surface area (Å²) in [6.45, 7) is 1.64. The lowest BCUT2D eigenvalue weighted by atomic mass is 9.93. The zero-order chi connectivity index (χ0) is 14.2. The van der Waals surface area contributed by atoms with Crippen molar-refractivity contribution in [1.29, 1.82) is 0 Å². The first kappa shape index (κ1) is 13.6. The molecular weight excluding hydrogens is 255 g/mol. The van der Waals surface area contributed by atoms with E-state index in [-0.39, 0.29) is 17.1 Å². The second-order valence-electron chi connectivity index (χ2n) is 5.97. The first-order valence-electron chi connectivity index (χ1n) is 7.38. The average molecular weight is 276 g/mol. The summed E-state index contributed by atoms with van der Waals surface area (Å²) in [5.41, 5.74) is 0.596. The van der Waals surface area contributed by atoms with Gasteiger partial charge in [0.2, 0.25) is 5.91 Å². The Morgan fingerprint density at radius 1 is 1.35 bits per heavy atom. The molecule has 1 saturated carbocycles. The molecule has 4 heteroatoms. The van der Waals surface area contributed by atoms with Crippen molar-refractivity contribution in [1.82, 2.24) is 10.2 Å². The molecule has 3 rings (SSSR count). The van der Waals surface area contributed by atoms with Gasteiger partial charge in [-0.15, -0.1) is 0 Å². The molecule has 1 aliphatic heterocycles. The molecule has 1 aliphatic carbocycles. The van der Waals surface area contributed by atoms with Gasteiger partial charge in [0, 0.05) is 19.1 Å². The standard InChI is InChI=1S/C16H21FN2O/c1-18-14-3-2-10-19(11-14)15(20)16(8-9-16)12-4-6-13(17)7-5-12/h4-7,14,18H,2-3,8-11H2,1H3. The van der Waals surface area contributed by atoms with Crippen molar-refractivity contribution >= 4 is 5.91 Å². The Balaban J connectivity index is 1.77. The van der Waals surface area contributed by atoms with Gasteiger partial charge >= 0.3 is 0 Å². The highest BCUT2D eigenvalue weighted by Gasteiger charge is 2.53. The van der Waals surface area contributed by atoms with E-state index >= 15 is 0 Å². The lowest BCUT2D eigenvalue weighted by Crippen LogP contribution is -2.50. The van der Waals surface area contributed by atoms with Crippen LogP contribution >= 0.6 is 0 Å². The number of rotatable bonds is 3. The molecule has 0 bridgehead atoms. The molecule has 1 unspecified atom stereocenters. The second kappa shape index (κ2) is 5.17. The minimum absolute atomic E-state index is 0.226. The molecule has 1 aromatic carbocycles. The van der Waals surface area contributed by atoms with Crippen molar-refractivity contribution in [2.75, 3.05) is 20.1 Å². The molecule has 1 saturated heterocycles. The minimum atomic E-state index is -0.372. The maximum Gasteiger partial charge on any atom is 0.233 e. The van der Waals surface area contributed by atoms with Crippen LogP contribution in [0.2, 0.25) is 0 Å². The monoisotopic (exact) mass is 276 g/mol. The van der Waals surface area contributed by atoms with Crippen LogP contribution < -0.4 is 5.32 Å². The van der Waals surface area contributed by atoms with Gasteiger partial charge in [-0.25, -0.2) is 4.39 Å². The fourth-order valence-corrected chi connectivity index (χ4v) is 3.22. The number of halogens is 1. The van der Waals surface area contributed by atoms with E-state index in [2.05, 4.69) is 5.32 Å². The molecule has 2 aliphatic rings. The Bertz CT molecular complexity index is 496. The molecule has 1 aromatic rings. The number of piperidine rings is 1. The summed E-state index contributed by atoms with van der Waals surface area (Å²) in [6.07, 6.45) is 3.96. The van der Waals surface area contributed by atoms with E-state index in [1.807, 2.05) is 11.9 Å². The Hall–Kier alpha value is -1.42. The minimum Gasteiger partial charge on any atom is -0.340 e. The second-order valence-corrected chi connectivity index (χ2v) is 5.97. The zero-order valence-electron chi connectivity index (χ0n) is 11.9. The lowest BCUT2D eigenvalue weighted by molar-refractivity contribution is -0.135. The Labute approximate surface area is 119 Å². The number of carbonyl (C=O) groups excluding carboxylic acids is 1. The number of nitrogens with zero attached hydrogens (tertiary/aromatic N) is 1. The molecule has 1 amide bonds. The predicted molar refractivity (Wildman–Crippen MR) is 76.0 cm³/mol. The molecule has 1 N–H and O–H groups in total. The number of likely N-dealkylation sites (tertiary alicyclic amines) is 1. The van der Waals surface area contributed by atoms with Gasteiger partial charge in [0.1, 0.15) is 5.82 Å². The Morgan fingerprint density at radius 3 is 2.65 bits per heavy atom. The summed E-state index contributed by atoms with van der Waals surface area (Å²) in [6, 6.07) is 6.83. The van der Waals surface area contributed by atoms with Crippen LogP contribution in [0.3, 0.4) is 0 Å². The van der Waals surface area contributed by atoms with Crippen molar-refractivity contribution in [2.45, 2.75) is 37.1 Å². The number of hydrogen-bond acceptors (Lipinski definition) is 2. The molecule has 1 atom stereocenters. The summed E-state index contributed by atoms with van der Waals surface area (Å²) >= 11 is 0. The average Bonchev–Trinajstić information content (AvgIpc) is 3.29. The van der Waals surface area contributed by atoms with E-state index in [9.17, 15) is 9.18 Å². The predicted octanol–water partition coefficient (Wildman–Crippen LogP) is 2.07. The van der Waals surface area contributed by atoms with E-state index in [1.54, 1.807) is 12.1 Å². The third-order valence-electron chi connectivity index (χ3n) is 4.67. The fraction of sp³-hybridized carbons (Fsp3) is 0.562. The highest BCUT2D eigenvalue weighted by Crippen LogP contribution is 2.49. The topological polar surface area (TPSA) is 32.3 Å². The van der Waals surface area contributed by atoms with Crippen LogP contribution in [0, 0.1) is 5.82 Å². The number of nitrogens with one attached hydrogen (secondary N) is 1. The largest absolute Gasteiger partial charge is 0.340 e. The number of likely N-dealkylation sites (N-methyl/N-ethyl adjacent to an activating group) is 1. The summed E-state index contributed by atoms with van der Waals surface area (Å²) in [5.74, 6) is -0.0192. The van der Waals surface area contributed by atoms with Crippen molar-refractivity contribution in [2.24, 2.45) is 0 Å². The van der Waals surface area contributed by atoms with Crippen LogP contribution in [-0.2, 0) is 10.2 Å². The quantitative estimate of drug-likeness (QED) is 0.916. The van der Waals surface area contributed by atoms with Gasteiger partial charge in [0.15, 0.2) is 0 Å². The molecular formula is C16H21FN2O. The molecule has 20 heavy (non-hydrogen) atoms. The van der Waals surface area contributed by atoms with Crippen LogP contribution in [0.1, 0.15) is 31.2 Å². The van der Waals surface area contributed by atoms with Crippen LogP contribution in [0.4, 0.5) is 4.39 Å². The third-order valence-corrected chi connectivity index (χ3v) is 4.67. The van der Waals surface area contributed by atoms with E-state index in [0.717, 1.165) is 44.3 Å². The number of benzene rings is 1. The van der Waals surface area contributed by atoms with Gasteiger partial charge in [-0.05, 0) is 50.4 Å². The van der Waals surface area contributed by atoms with Crippen molar-refractivity contribution in [3.05, 3.63) is 35.6 Å². The number of carbonyl (C=O) groups is 1. The normalized spacial score (nSPS) is 24.5. The van der Waals surface area contributed by atoms with Gasteiger partial charge in [-0.2, -0.15) is 0 Å². The zero-order valence-corrected chi connectivity index (χ0v) is 11.9. The molecule has 3 nitrogen and oxygen atoms in total. The molecule has 0 spiro atoms. The van der Waals surface area contributed by atoms with Crippen LogP contribution in [-0.4, -0.2) is 37.0 Å². The number of amides is 1. The maximum absolute atomic E-state index is 13.0. The molecule has 1 heterocycles. The van der Waals surface area contributed by atoms with Gasteiger partial charge < -0.3 is 10.2 Å². The number of hydrogen-bond donors (Lipinski definition) is 1.